The fourth-order valence-electron chi connectivity index (χ4n) is 4.46. The van der Waals surface area contributed by atoms with Crippen molar-refractivity contribution in [3.63, 3.8) is 0 Å². The molecule has 3 heterocycles. The predicted molar refractivity (Wildman–Crippen MR) is 122 cm³/mol. The Morgan fingerprint density at radius 2 is 1.91 bits per heavy atom. The zero-order valence-electron chi connectivity index (χ0n) is 19.4. The highest BCUT2D eigenvalue weighted by Crippen LogP contribution is 2.39. The molecule has 0 bridgehead atoms. The largest absolute Gasteiger partial charge is 0.417 e. The summed E-state index contributed by atoms with van der Waals surface area (Å²) < 4.78 is 54.2. The van der Waals surface area contributed by atoms with E-state index in [1.807, 2.05) is 4.90 Å². The van der Waals surface area contributed by atoms with Crippen molar-refractivity contribution < 1.29 is 22.4 Å². The lowest BCUT2D eigenvalue weighted by Gasteiger charge is -2.32. The number of likely N-dealkylation sites (tertiary alicyclic amines) is 1. The fraction of sp³-hybridized carbons (Fsp3) is 0.565. The third-order valence-corrected chi connectivity index (χ3v) is 6.56. The fourth-order valence-corrected chi connectivity index (χ4v) is 4.46. The molecular formula is C23H29F4N7O. The number of amides is 1. The lowest BCUT2D eigenvalue weighted by atomic mass is 9.97. The first-order valence-electron chi connectivity index (χ1n) is 11.7. The lowest BCUT2D eigenvalue weighted by molar-refractivity contribution is -0.137. The summed E-state index contributed by atoms with van der Waals surface area (Å²) in [4.78, 5) is 27.1. The van der Waals surface area contributed by atoms with E-state index in [1.165, 1.54) is 12.4 Å². The Kier molecular flexibility index (Phi) is 7.39. The van der Waals surface area contributed by atoms with Crippen LogP contribution in [0.2, 0.25) is 0 Å². The van der Waals surface area contributed by atoms with Gasteiger partial charge in [-0.3, -0.25) is 14.7 Å². The SMILES string of the molecule is CC(c1ccc(C(F)(F)F)cn1)N(c1ncnc(NCC2CCN(CC(N)=O)CC2)c1F)C1CC1. The van der Waals surface area contributed by atoms with E-state index in [4.69, 9.17) is 5.73 Å². The van der Waals surface area contributed by atoms with Crippen molar-refractivity contribution in [2.24, 2.45) is 11.7 Å². The van der Waals surface area contributed by atoms with Crippen molar-refractivity contribution in [1.82, 2.24) is 19.9 Å². The summed E-state index contributed by atoms with van der Waals surface area (Å²) in [6.07, 6.45) is 0.994. The quantitative estimate of drug-likeness (QED) is 0.515. The molecule has 1 amide bonds. The molecular weight excluding hydrogens is 466 g/mol. The standard InChI is InChI=1S/C23H29F4N7O/c1-14(18-5-2-16(11-29-18)23(25,26)27)34(17-3-4-17)22-20(24)21(31-13-32-22)30-10-15-6-8-33(9-7-15)12-19(28)35/h2,5,11,13-15,17H,3-4,6-10,12H2,1H3,(H2,28,35)(H,30,31,32). The van der Waals surface area contributed by atoms with E-state index in [9.17, 15) is 18.0 Å². The first-order chi connectivity index (χ1) is 16.6. The minimum atomic E-state index is -4.47. The summed E-state index contributed by atoms with van der Waals surface area (Å²) in [5.74, 6) is -0.447. The highest BCUT2D eigenvalue weighted by molar-refractivity contribution is 5.75. The molecule has 0 radical (unpaired) electrons. The van der Waals surface area contributed by atoms with Crippen LogP contribution in [-0.2, 0) is 11.0 Å². The van der Waals surface area contributed by atoms with Crippen LogP contribution >= 0.6 is 0 Å². The molecule has 1 aliphatic carbocycles. The number of anilines is 2. The van der Waals surface area contributed by atoms with Crippen LogP contribution in [0.5, 0.6) is 0 Å². The number of carbonyl (C=O) groups excluding carboxylic acids is 1. The van der Waals surface area contributed by atoms with Gasteiger partial charge in [0.05, 0.1) is 23.8 Å². The number of halogens is 4. The zero-order chi connectivity index (χ0) is 25.2. The maximum Gasteiger partial charge on any atom is 0.417 e. The summed E-state index contributed by atoms with van der Waals surface area (Å²) in [5, 5.41) is 3.09. The van der Waals surface area contributed by atoms with E-state index >= 15 is 4.39 Å². The van der Waals surface area contributed by atoms with Crippen LogP contribution in [0.25, 0.3) is 0 Å². The maximum absolute atomic E-state index is 15.5. The number of aromatic nitrogens is 3. The Morgan fingerprint density at radius 3 is 2.49 bits per heavy atom. The number of piperidine rings is 1. The van der Waals surface area contributed by atoms with Gasteiger partial charge in [-0.1, -0.05) is 0 Å². The number of hydrogen-bond donors (Lipinski definition) is 2. The Balaban J connectivity index is 1.44. The number of nitrogens with zero attached hydrogens (tertiary/aromatic N) is 5. The number of nitrogens with two attached hydrogens (primary N) is 1. The molecule has 2 aromatic rings. The van der Waals surface area contributed by atoms with E-state index in [0.29, 0.717) is 18.2 Å². The van der Waals surface area contributed by atoms with Crippen LogP contribution in [-0.4, -0.2) is 58.0 Å². The molecule has 1 atom stereocenters. The van der Waals surface area contributed by atoms with Crippen LogP contribution in [0.3, 0.4) is 0 Å². The molecule has 1 unspecified atom stereocenters. The molecule has 2 aliphatic rings. The number of pyridine rings is 1. The lowest BCUT2D eigenvalue weighted by Crippen LogP contribution is -2.40. The first-order valence-corrected chi connectivity index (χ1v) is 11.7. The summed E-state index contributed by atoms with van der Waals surface area (Å²) in [5.41, 5.74) is 4.83. The molecule has 0 spiro atoms. The Hall–Kier alpha value is -3.02. The molecule has 2 aromatic heterocycles. The third-order valence-electron chi connectivity index (χ3n) is 6.56. The number of nitrogens with one attached hydrogen (secondary N) is 1. The molecule has 12 heteroatoms. The molecule has 1 saturated heterocycles. The van der Waals surface area contributed by atoms with Crippen molar-refractivity contribution in [2.75, 3.05) is 36.4 Å². The molecule has 3 N–H and O–H groups in total. The van der Waals surface area contributed by atoms with Crippen molar-refractivity contribution in [1.29, 1.82) is 0 Å². The van der Waals surface area contributed by atoms with E-state index in [2.05, 4.69) is 20.3 Å². The van der Waals surface area contributed by atoms with Crippen LogP contribution in [0, 0.1) is 11.7 Å². The van der Waals surface area contributed by atoms with Gasteiger partial charge in [-0.2, -0.15) is 17.6 Å². The number of primary amides is 1. The van der Waals surface area contributed by atoms with Crippen molar-refractivity contribution in [3.8, 4) is 0 Å². The van der Waals surface area contributed by atoms with Gasteiger partial charge in [0, 0.05) is 18.8 Å². The summed E-state index contributed by atoms with van der Waals surface area (Å²) in [7, 11) is 0. The van der Waals surface area contributed by atoms with Crippen LogP contribution in [0.15, 0.2) is 24.7 Å². The summed E-state index contributed by atoms with van der Waals surface area (Å²) in [6, 6.07) is 1.87. The minimum Gasteiger partial charge on any atom is -0.369 e. The number of rotatable bonds is 9. The molecule has 8 nitrogen and oxygen atoms in total. The average molecular weight is 496 g/mol. The normalized spacial score (nSPS) is 18.3. The van der Waals surface area contributed by atoms with Crippen molar-refractivity contribution in [3.05, 3.63) is 41.7 Å². The third kappa shape index (κ3) is 6.16. The summed E-state index contributed by atoms with van der Waals surface area (Å²) in [6.45, 7) is 4.05. The summed E-state index contributed by atoms with van der Waals surface area (Å²) >= 11 is 0. The first kappa shape index (κ1) is 25.1. The zero-order valence-corrected chi connectivity index (χ0v) is 19.4. The molecule has 190 valence electrons. The van der Waals surface area contributed by atoms with Crippen molar-refractivity contribution in [2.45, 2.75) is 50.9 Å². The van der Waals surface area contributed by atoms with Crippen molar-refractivity contribution >= 4 is 17.5 Å². The molecule has 1 aliphatic heterocycles. The molecule has 2 fully saturated rings. The molecule has 35 heavy (non-hydrogen) atoms. The van der Waals surface area contributed by atoms with E-state index in [0.717, 1.165) is 51.0 Å². The Morgan fingerprint density at radius 1 is 1.20 bits per heavy atom. The second-order valence-electron chi connectivity index (χ2n) is 9.21. The van der Waals surface area contributed by atoms with Gasteiger partial charge in [-0.15, -0.1) is 0 Å². The number of carbonyl (C=O) groups is 1. The minimum absolute atomic E-state index is 0.0286. The Labute approximate surface area is 200 Å². The van der Waals surface area contributed by atoms with Gasteiger partial charge in [0.15, 0.2) is 11.6 Å². The Bertz CT molecular complexity index is 1020. The van der Waals surface area contributed by atoms with E-state index < -0.39 is 23.6 Å². The average Bonchev–Trinajstić information content (AvgIpc) is 3.65. The molecule has 4 rings (SSSR count). The van der Waals surface area contributed by atoms with E-state index in [1.54, 1.807) is 11.8 Å². The highest BCUT2D eigenvalue weighted by atomic mass is 19.4. The number of alkyl halides is 3. The molecule has 1 saturated carbocycles. The van der Waals surface area contributed by atoms with Gasteiger partial charge >= 0.3 is 6.18 Å². The van der Waals surface area contributed by atoms with Crippen LogP contribution in [0.1, 0.15) is 49.9 Å². The monoisotopic (exact) mass is 495 g/mol. The number of hydrogen-bond acceptors (Lipinski definition) is 7. The second-order valence-corrected chi connectivity index (χ2v) is 9.21. The van der Waals surface area contributed by atoms with Gasteiger partial charge in [-0.05, 0) is 63.7 Å². The second kappa shape index (κ2) is 10.3. The van der Waals surface area contributed by atoms with Gasteiger partial charge in [-0.25, -0.2) is 9.97 Å². The van der Waals surface area contributed by atoms with Gasteiger partial charge in [0.2, 0.25) is 11.7 Å². The van der Waals surface area contributed by atoms with Gasteiger partial charge < -0.3 is 16.0 Å². The van der Waals surface area contributed by atoms with Crippen LogP contribution in [0.4, 0.5) is 29.2 Å². The topological polar surface area (TPSA) is 100 Å². The van der Waals surface area contributed by atoms with Crippen LogP contribution < -0.4 is 16.0 Å². The highest BCUT2D eigenvalue weighted by Gasteiger charge is 2.37. The van der Waals surface area contributed by atoms with E-state index in [-0.39, 0.29) is 30.1 Å². The molecule has 0 aromatic carbocycles. The van der Waals surface area contributed by atoms with Gasteiger partial charge in [0.1, 0.15) is 6.33 Å². The van der Waals surface area contributed by atoms with Gasteiger partial charge in [0.25, 0.3) is 0 Å². The predicted octanol–water partition coefficient (Wildman–Crippen LogP) is 3.37. The smallest absolute Gasteiger partial charge is 0.369 e. The maximum atomic E-state index is 15.5.